The monoisotopic (exact) mass is 213 g/mol. The van der Waals surface area contributed by atoms with Crippen LogP contribution in [0.4, 0.5) is 0 Å². The van der Waals surface area contributed by atoms with E-state index in [1.165, 1.54) is 38.5 Å². The topological polar surface area (TPSA) is 12.0 Å². The molecule has 0 fully saturated rings. The number of nitrogens with one attached hydrogen (secondary N) is 1. The summed E-state index contributed by atoms with van der Waals surface area (Å²) >= 11 is 0. The molecular formula is C14H31N. The highest BCUT2D eigenvalue weighted by Gasteiger charge is 2.10. The molecule has 0 aliphatic rings. The third-order valence-electron chi connectivity index (χ3n) is 2.78. The largest absolute Gasteiger partial charge is 0.312 e. The first-order valence-electron chi connectivity index (χ1n) is 6.70. The molecule has 0 saturated heterocycles. The summed E-state index contributed by atoms with van der Waals surface area (Å²) in [6, 6.07) is 0. The summed E-state index contributed by atoms with van der Waals surface area (Å²) in [6.45, 7) is 12.5. The Kier molecular flexibility index (Phi) is 8.13. The van der Waals surface area contributed by atoms with Gasteiger partial charge < -0.3 is 5.32 Å². The molecule has 0 rings (SSSR count). The summed E-state index contributed by atoms with van der Waals surface area (Å²) in [5.41, 5.74) is 0.274. The summed E-state index contributed by atoms with van der Waals surface area (Å²) in [7, 11) is 0. The van der Waals surface area contributed by atoms with Crippen LogP contribution in [-0.4, -0.2) is 12.1 Å². The standard InChI is InChI=1S/C14H31N/c1-6-7-8-9-10-11-13(2)12-15-14(3,4)5/h13,15H,6-12H2,1-5H3. The third-order valence-corrected chi connectivity index (χ3v) is 2.78. The molecule has 0 aromatic heterocycles. The van der Waals surface area contributed by atoms with E-state index < -0.39 is 0 Å². The van der Waals surface area contributed by atoms with E-state index in [4.69, 9.17) is 0 Å². The second-order valence-electron chi connectivity index (χ2n) is 5.94. The first kappa shape index (κ1) is 15.0. The fourth-order valence-electron chi connectivity index (χ4n) is 1.68. The molecule has 92 valence electrons. The molecule has 0 radical (unpaired) electrons. The molecule has 0 amide bonds. The molecule has 1 nitrogen and oxygen atoms in total. The van der Waals surface area contributed by atoms with Crippen LogP contribution in [0.2, 0.25) is 0 Å². The zero-order chi connectivity index (χ0) is 11.7. The Morgan fingerprint density at radius 2 is 1.60 bits per heavy atom. The van der Waals surface area contributed by atoms with Crippen LogP contribution in [-0.2, 0) is 0 Å². The molecular weight excluding hydrogens is 182 g/mol. The smallest absolute Gasteiger partial charge is 0.00966 e. The van der Waals surface area contributed by atoms with Crippen molar-refractivity contribution in [2.24, 2.45) is 5.92 Å². The van der Waals surface area contributed by atoms with Crippen molar-refractivity contribution in [3.8, 4) is 0 Å². The average Bonchev–Trinajstić information content (AvgIpc) is 2.13. The Bertz CT molecular complexity index is 135. The molecule has 15 heavy (non-hydrogen) atoms. The molecule has 0 aromatic carbocycles. The van der Waals surface area contributed by atoms with Gasteiger partial charge in [-0.2, -0.15) is 0 Å². The van der Waals surface area contributed by atoms with E-state index in [1.54, 1.807) is 0 Å². The zero-order valence-corrected chi connectivity index (χ0v) is 11.5. The first-order chi connectivity index (χ1) is 6.95. The molecule has 0 aliphatic heterocycles. The van der Waals surface area contributed by atoms with Gasteiger partial charge in [-0.3, -0.25) is 0 Å². The Balaban J connectivity index is 3.30. The highest BCUT2D eigenvalue weighted by molar-refractivity contribution is 4.71. The van der Waals surface area contributed by atoms with Gasteiger partial charge in [0.05, 0.1) is 0 Å². The van der Waals surface area contributed by atoms with Gasteiger partial charge in [-0.25, -0.2) is 0 Å². The maximum atomic E-state index is 3.57. The Labute approximate surface area is 97.0 Å². The number of hydrogen-bond acceptors (Lipinski definition) is 1. The number of rotatable bonds is 8. The van der Waals surface area contributed by atoms with Crippen molar-refractivity contribution in [3.63, 3.8) is 0 Å². The molecule has 1 heteroatoms. The lowest BCUT2D eigenvalue weighted by molar-refractivity contribution is 0.365. The van der Waals surface area contributed by atoms with Crippen molar-refractivity contribution < 1.29 is 0 Å². The molecule has 0 aromatic rings. The highest BCUT2D eigenvalue weighted by atomic mass is 14.9. The van der Waals surface area contributed by atoms with Gasteiger partial charge >= 0.3 is 0 Å². The minimum absolute atomic E-state index is 0.274. The molecule has 1 unspecified atom stereocenters. The molecule has 1 atom stereocenters. The minimum atomic E-state index is 0.274. The SMILES string of the molecule is CCCCCCCC(C)CNC(C)(C)C. The van der Waals surface area contributed by atoms with Crippen molar-refractivity contribution in [2.45, 2.75) is 78.7 Å². The molecule has 0 spiro atoms. The van der Waals surface area contributed by atoms with Crippen molar-refractivity contribution in [3.05, 3.63) is 0 Å². The average molecular weight is 213 g/mol. The summed E-state index contributed by atoms with van der Waals surface area (Å²) < 4.78 is 0. The quantitative estimate of drug-likeness (QED) is 0.590. The van der Waals surface area contributed by atoms with E-state index in [0.29, 0.717) is 0 Å². The van der Waals surface area contributed by atoms with Gasteiger partial charge in [-0.15, -0.1) is 0 Å². The van der Waals surface area contributed by atoms with Crippen molar-refractivity contribution in [1.29, 1.82) is 0 Å². The van der Waals surface area contributed by atoms with E-state index in [2.05, 4.69) is 39.9 Å². The van der Waals surface area contributed by atoms with Gasteiger partial charge in [0.1, 0.15) is 0 Å². The van der Waals surface area contributed by atoms with E-state index in [0.717, 1.165) is 12.5 Å². The predicted molar refractivity (Wildman–Crippen MR) is 70.3 cm³/mol. The van der Waals surface area contributed by atoms with Crippen molar-refractivity contribution in [2.75, 3.05) is 6.54 Å². The van der Waals surface area contributed by atoms with Crippen LogP contribution < -0.4 is 5.32 Å². The maximum absolute atomic E-state index is 3.57. The second kappa shape index (κ2) is 8.15. The fraction of sp³-hybridized carbons (Fsp3) is 1.00. The Morgan fingerprint density at radius 3 is 2.13 bits per heavy atom. The lowest BCUT2D eigenvalue weighted by Gasteiger charge is -2.23. The van der Waals surface area contributed by atoms with Crippen LogP contribution in [0.3, 0.4) is 0 Å². The van der Waals surface area contributed by atoms with Crippen LogP contribution in [0, 0.1) is 5.92 Å². The van der Waals surface area contributed by atoms with Crippen molar-refractivity contribution >= 4 is 0 Å². The molecule has 0 bridgehead atoms. The lowest BCUT2D eigenvalue weighted by Crippen LogP contribution is -2.38. The Morgan fingerprint density at radius 1 is 1.00 bits per heavy atom. The number of hydrogen-bond donors (Lipinski definition) is 1. The number of unbranched alkanes of at least 4 members (excludes halogenated alkanes) is 4. The predicted octanol–water partition coefficient (Wildman–Crippen LogP) is 4.37. The van der Waals surface area contributed by atoms with Crippen LogP contribution in [0.15, 0.2) is 0 Å². The summed E-state index contributed by atoms with van der Waals surface area (Å²) in [6.07, 6.45) is 8.40. The summed E-state index contributed by atoms with van der Waals surface area (Å²) in [4.78, 5) is 0. The fourth-order valence-corrected chi connectivity index (χ4v) is 1.68. The highest BCUT2D eigenvalue weighted by Crippen LogP contribution is 2.11. The maximum Gasteiger partial charge on any atom is 0.00966 e. The Hall–Kier alpha value is -0.0400. The first-order valence-corrected chi connectivity index (χ1v) is 6.70. The van der Waals surface area contributed by atoms with Crippen molar-refractivity contribution in [1.82, 2.24) is 5.32 Å². The van der Waals surface area contributed by atoms with E-state index in [9.17, 15) is 0 Å². The van der Waals surface area contributed by atoms with Gasteiger partial charge in [-0.05, 0) is 39.7 Å². The van der Waals surface area contributed by atoms with Gasteiger partial charge in [0, 0.05) is 5.54 Å². The van der Waals surface area contributed by atoms with Crippen LogP contribution in [0.1, 0.15) is 73.1 Å². The normalized spacial score (nSPS) is 14.2. The van der Waals surface area contributed by atoms with Gasteiger partial charge in [0.15, 0.2) is 0 Å². The van der Waals surface area contributed by atoms with E-state index in [1.807, 2.05) is 0 Å². The van der Waals surface area contributed by atoms with Gasteiger partial charge in [-0.1, -0.05) is 46.0 Å². The molecule has 0 aliphatic carbocycles. The van der Waals surface area contributed by atoms with Crippen LogP contribution in [0.25, 0.3) is 0 Å². The lowest BCUT2D eigenvalue weighted by atomic mass is 10.0. The third kappa shape index (κ3) is 11.9. The van der Waals surface area contributed by atoms with E-state index in [-0.39, 0.29) is 5.54 Å². The van der Waals surface area contributed by atoms with Crippen LogP contribution in [0.5, 0.6) is 0 Å². The molecule has 0 heterocycles. The molecule has 0 saturated carbocycles. The van der Waals surface area contributed by atoms with E-state index >= 15 is 0 Å². The summed E-state index contributed by atoms with van der Waals surface area (Å²) in [5, 5.41) is 3.57. The minimum Gasteiger partial charge on any atom is -0.312 e. The molecule has 1 N–H and O–H groups in total. The second-order valence-corrected chi connectivity index (χ2v) is 5.94. The van der Waals surface area contributed by atoms with Gasteiger partial charge in [0.25, 0.3) is 0 Å². The summed E-state index contributed by atoms with van der Waals surface area (Å²) in [5.74, 6) is 0.825. The zero-order valence-electron chi connectivity index (χ0n) is 11.5. The van der Waals surface area contributed by atoms with Gasteiger partial charge in [0.2, 0.25) is 0 Å². The van der Waals surface area contributed by atoms with Crippen LogP contribution >= 0.6 is 0 Å².